The molecule has 150 valence electrons. The van der Waals surface area contributed by atoms with Gasteiger partial charge in [-0.25, -0.2) is 0 Å². The van der Waals surface area contributed by atoms with Crippen LogP contribution < -0.4 is 10.3 Å². The van der Waals surface area contributed by atoms with Gasteiger partial charge in [0.2, 0.25) is 0 Å². The van der Waals surface area contributed by atoms with E-state index in [9.17, 15) is 9.59 Å². The third kappa shape index (κ3) is 4.86. The molecule has 2 amide bonds. The normalized spacial score (nSPS) is 15.1. The molecule has 0 aliphatic carbocycles. The zero-order chi connectivity index (χ0) is 21.0. The van der Waals surface area contributed by atoms with Crippen molar-refractivity contribution in [2.75, 3.05) is 18.0 Å². The SMILES string of the molecule is CCN(CC)c1ccc(/C=C2\SC(=S)N(NC(=O)c3ccc(C)cc3)C2=O)cc1. The maximum atomic E-state index is 12.7. The number of hydrogen-bond acceptors (Lipinski definition) is 5. The van der Waals surface area contributed by atoms with Crippen LogP contribution >= 0.6 is 24.0 Å². The van der Waals surface area contributed by atoms with Crippen LogP contribution in [0.2, 0.25) is 0 Å². The number of hydrogen-bond donors (Lipinski definition) is 1. The van der Waals surface area contributed by atoms with Gasteiger partial charge in [-0.2, -0.15) is 5.01 Å². The average Bonchev–Trinajstić information content (AvgIpc) is 2.98. The number of thioether (sulfide) groups is 1. The fraction of sp³-hybridized carbons (Fsp3) is 0.227. The molecule has 0 unspecified atom stereocenters. The van der Waals surface area contributed by atoms with E-state index in [4.69, 9.17) is 12.2 Å². The number of carbonyl (C=O) groups is 2. The molecule has 1 fully saturated rings. The number of nitrogens with one attached hydrogen (secondary N) is 1. The molecule has 1 aliphatic heterocycles. The first-order chi connectivity index (χ1) is 13.9. The highest BCUT2D eigenvalue weighted by Crippen LogP contribution is 2.31. The second-order valence-electron chi connectivity index (χ2n) is 6.59. The van der Waals surface area contributed by atoms with Gasteiger partial charge in [-0.15, -0.1) is 0 Å². The van der Waals surface area contributed by atoms with E-state index in [2.05, 4.69) is 24.2 Å². The van der Waals surface area contributed by atoms with Crippen LogP contribution in [0.4, 0.5) is 5.69 Å². The molecule has 1 N–H and O–H groups in total. The summed E-state index contributed by atoms with van der Waals surface area (Å²) in [4.78, 5) is 27.9. The zero-order valence-electron chi connectivity index (χ0n) is 16.6. The Labute approximate surface area is 180 Å². The summed E-state index contributed by atoms with van der Waals surface area (Å²) in [6.45, 7) is 8.06. The number of anilines is 1. The Morgan fingerprint density at radius 3 is 2.31 bits per heavy atom. The number of rotatable bonds is 6. The first kappa shape index (κ1) is 21.1. The minimum absolute atomic E-state index is 0.307. The fourth-order valence-electron chi connectivity index (χ4n) is 2.96. The van der Waals surface area contributed by atoms with Gasteiger partial charge in [-0.1, -0.05) is 41.6 Å². The molecule has 0 radical (unpaired) electrons. The number of aryl methyl sites for hydroxylation is 1. The number of hydrazine groups is 1. The van der Waals surface area contributed by atoms with Crippen molar-refractivity contribution >= 4 is 51.9 Å². The van der Waals surface area contributed by atoms with Crippen LogP contribution in [0, 0.1) is 6.92 Å². The summed E-state index contributed by atoms with van der Waals surface area (Å²) in [5, 5.41) is 1.14. The van der Waals surface area contributed by atoms with Crippen molar-refractivity contribution in [3.8, 4) is 0 Å². The van der Waals surface area contributed by atoms with E-state index < -0.39 is 0 Å². The lowest BCUT2D eigenvalue weighted by Gasteiger charge is -2.20. The number of carbonyl (C=O) groups excluding carboxylic acids is 2. The summed E-state index contributed by atoms with van der Waals surface area (Å²) in [6, 6.07) is 15.2. The predicted octanol–water partition coefficient (Wildman–Crippen LogP) is 4.39. The molecule has 3 rings (SSSR count). The van der Waals surface area contributed by atoms with Crippen LogP contribution in [0.1, 0.15) is 35.3 Å². The molecule has 5 nitrogen and oxygen atoms in total. The van der Waals surface area contributed by atoms with Gasteiger partial charge in [0.05, 0.1) is 4.91 Å². The molecule has 7 heteroatoms. The number of thiocarbonyl (C=S) groups is 1. The van der Waals surface area contributed by atoms with Crippen LogP contribution in [-0.2, 0) is 4.79 Å². The summed E-state index contributed by atoms with van der Waals surface area (Å²) >= 11 is 6.47. The van der Waals surface area contributed by atoms with E-state index in [0.29, 0.717) is 14.8 Å². The largest absolute Gasteiger partial charge is 0.372 e. The fourth-order valence-corrected chi connectivity index (χ4v) is 4.14. The first-order valence-electron chi connectivity index (χ1n) is 9.43. The molecule has 0 saturated carbocycles. The van der Waals surface area contributed by atoms with Gasteiger partial charge < -0.3 is 4.90 Å². The summed E-state index contributed by atoms with van der Waals surface area (Å²) in [5.74, 6) is -0.695. The summed E-state index contributed by atoms with van der Waals surface area (Å²) in [6.07, 6.45) is 1.79. The Bertz CT molecular complexity index is 949. The minimum Gasteiger partial charge on any atom is -0.372 e. The van der Waals surface area contributed by atoms with Gasteiger partial charge in [0.15, 0.2) is 4.32 Å². The van der Waals surface area contributed by atoms with Crippen molar-refractivity contribution in [2.24, 2.45) is 0 Å². The average molecular weight is 426 g/mol. The molecule has 0 aromatic heterocycles. The Morgan fingerprint density at radius 1 is 1.10 bits per heavy atom. The molecule has 0 atom stereocenters. The topological polar surface area (TPSA) is 52.6 Å². The van der Waals surface area contributed by atoms with E-state index >= 15 is 0 Å². The smallest absolute Gasteiger partial charge is 0.285 e. The van der Waals surface area contributed by atoms with Gasteiger partial charge in [0, 0.05) is 24.3 Å². The molecule has 0 spiro atoms. The van der Waals surface area contributed by atoms with Crippen molar-refractivity contribution < 1.29 is 9.59 Å². The molecule has 2 aromatic rings. The number of nitrogens with zero attached hydrogens (tertiary/aromatic N) is 2. The maximum Gasteiger partial charge on any atom is 0.285 e. The van der Waals surface area contributed by atoms with Gasteiger partial charge in [0.25, 0.3) is 11.8 Å². The van der Waals surface area contributed by atoms with Crippen molar-refractivity contribution in [1.82, 2.24) is 10.4 Å². The first-order valence-corrected chi connectivity index (χ1v) is 10.7. The highest BCUT2D eigenvalue weighted by atomic mass is 32.2. The van der Waals surface area contributed by atoms with E-state index in [-0.39, 0.29) is 11.8 Å². The van der Waals surface area contributed by atoms with Crippen LogP contribution in [0.5, 0.6) is 0 Å². The predicted molar refractivity (Wildman–Crippen MR) is 124 cm³/mol. The van der Waals surface area contributed by atoms with E-state index in [1.54, 1.807) is 18.2 Å². The molecular formula is C22H23N3O2S2. The molecule has 1 heterocycles. The molecule has 0 bridgehead atoms. The Balaban J connectivity index is 1.72. The summed E-state index contributed by atoms with van der Waals surface area (Å²) < 4.78 is 0.307. The van der Waals surface area contributed by atoms with Gasteiger partial charge in [0.1, 0.15) is 0 Å². The maximum absolute atomic E-state index is 12.7. The van der Waals surface area contributed by atoms with Gasteiger partial charge in [-0.05, 0) is 68.9 Å². The zero-order valence-corrected chi connectivity index (χ0v) is 18.3. The lowest BCUT2D eigenvalue weighted by molar-refractivity contribution is -0.123. The molecule has 29 heavy (non-hydrogen) atoms. The van der Waals surface area contributed by atoms with Crippen LogP contribution in [0.25, 0.3) is 6.08 Å². The lowest BCUT2D eigenvalue weighted by Crippen LogP contribution is -2.44. The second-order valence-corrected chi connectivity index (χ2v) is 8.26. The third-order valence-electron chi connectivity index (χ3n) is 4.64. The number of benzene rings is 2. The molecule has 2 aromatic carbocycles. The Morgan fingerprint density at radius 2 is 1.72 bits per heavy atom. The van der Waals surface area contributed by atoms with Crippen LogP contribution in [0.3, 0.4) is 0 Å². The second kappa shape index (κ2) is 9.24. The minimum atomic E-state index is -0.369. The molecule has 1 aliphatic rings. The highest BCUT2D eigenvalue weighted by Gasteiger charge is 2.33. The summed E-state index contributed by atoms with van der Waals surface area (Å²) in [7, 11) is 0. The Kier molecular flexibility index (Phi) is 6.71. The van der Waals surface area contributed by atoms with Crippen LogP contribution in [-0.4, -0.2) is 34.2 Å². The van der Waals surface area contributed by atoms with Crippen molar-refractivity contribution in [3.63, 3.8) is 0 Å². The lowest BCUT2D eigenvalue weighted by atomic mass is 10.1. The summed E-state index contributed by atoms with van der Waals surface area (Å²) in [5.41, 5.74) is 6.19. The van der Waals surface area contributed by atoms with Gasteiger partial charge in [-0.3, -0.25) is 15.0 Å². The molecule has 1 saturated heterocycles. The third-order valence-corrected chi connectivity index (χ3v) is 5.94. The van der Waals surface area contributed by atoms with Crippen molar-refractivity contribution in [3.05, 3.63) is 70.1 Å². The van der Waals surface area contributed by atoms with E-state index in [0.717, 1.165) is 34.9 Å². The quantitative estimate of drug-likeness (QED) is 0.550. The monoisotopic (exact) mass is 425 g/mol. The standard InChI is InChI=1S/C22H23N3O2S2/c1-4-24(5-2)18-12-8-16(9-13-18)14-19-21(27)25(22(28)29-19)23-20(26)17-10-6-15(3)7-11-17/h6-14H,4-5H2,1-3H3,(H,23,26)/b19-14-. The van der Waals surface area contributed by atoms with Crippen molar-refractivity contribution in [1.29, 1.82) is 0 Å². The van der Waals surface area contributed by atoms with E-state index in [1.807, 2.05) is 43.3 Å². The van der Waals surface area contributed by atoms with Gasteiger partial charge >= 0.3 is 0 Å². The van der Waals surface area contributed by atoms with E-state index in [1.165, 1.54) is 11.8 Å². The Hall–Kier alpha value is -2.64. The van der Waals surface area contributed by atoms with Crippen molar-refractivity contribution in [2.45, 2.75) is 20.8 Å². The highest BCUT2D eigenvalue weighted by molar-refractivity contribution is 8.26. The number of amides is 2. The van der Waals surface area contributed by atoms with Crippen LogP contribution in [0.15, 0.2) is 53.4 Å². The molecular weight excluding hydrogens is 402 g/mol.